The van der Waals surface area contributed by atoms with E-state index in [2.05, 4.69) is 4.99 Å². The summed E-state index contributed by atoms with van der Waals surface area (Å²) < 4.78 is 0. The summed E-state index contributed by atoms with van der Waals surface area (Å²) in [6.45, 7) is 0. The van der Waals surface area contributed by atoms with Crippen LogP contribution in [0.2, 0.25) is 0 Å². The topological polar surface area (TPSA) is 116 Å². The van der Waals surface area contributed by atoms with Gasteiger partial charge >= 0.3 is 12.2 Å². The molecule has 0 atom stereocenters. The largest absolute Gasteiger partial charge is 0.464 e. The predicted molar refractivity (Wildman–Crippen MR) is 55.6 cm³/mol. The molecule has 0 radical (unpaired) electrons. The fraction of sp³-hybridized carbons (Fsp3) is 0. The van der Waals surface area contributed by atoms with E-state index >= 15 is 0 Å². The number of rotatable bonds is 1. The van der Waals surface area contributed by atoms with Gasteiger partial charge in [-0.2, -0.15) is 0 Å². The van der Waals surface area contributed by atoms with Crippen molar-refractivity contribution in [3.05, 3.63) is 30.3 Å². The molecule has 0 fully saturated rings. The number of nitrogens with two attached hydrogens (primary N) is 1. The first-order chi connectivity index (χ1) is 7.52. The van der Waals surface area contributed by atoms with Crippen molar-refractivity contribution in [2.24, 2.45) is 10.7 Å². The zero-order valence-electron chi connectivity index (χ0n) is 8.07. The molecule has 7 heteroatoms. The van der Waals surface area contributed by atoms with E-state index in [1.54, 1.807) is 30.3 Å². The normalized spacial score (nSPS) is 10.9. The van der Waals surface area contributed by atoms with Gasteiger partial charge in [0.1, 0.15) is 0 Å². The van der Waals surface area contributed by atoms with Crippen LogP contribution in [0.15, 0.2) is 35.3 Å². The van der Waals surface area contributed by atoms with E-state index in [0.29, 0.717) is 5.69 Å². The zero-order chi connectivity index (χ0) is 12.1. The van der Waals surface area contributed by atoms with Crippen LogP contribution < -0.4 is 5.73 Å². The summed E-state index contributed by atoms with van der Waals surface area (Å²) in [6, 6.07) is 8.20. The maximum absolute atomic E-state index is 10.6. The molecule has 0 aliphatic heterocycles. The maximum Gasteiger partial charge on any atom is 0.424 e. The SMILES string of the molecule is NC(=Nc1ccccc1)N(C(=O)O)C(=O)O. The highest BCUT2D eigenvalue weighted by atomic mass is 16.4. The third-order valence-electron chi connectivity index (χ3n) is 1.61. The van der Waals surface area contributed by atoms with Crippen LogP contribution in [0.4, 0.5) is 15.3 Å². The molecule has 0 heterocycles. The molecule has 1 aromatic rings. The van der Waals surface area contributed by atoms with Gasteiger partial charge in [0.15, 0.2) is 0 Å². The summed E-state index contributed by atoms with van der Waals surface area (Å²) >= 11 is 0. The maximum atomic E-state index is 10.6. The minimum absolute atomic E-state index is 0.0625. The van der Waals surface area contributed by atoms with Gasteiger partial charge in [-0.25, -0.2) is 14.6 Å². The Kier molecular flexibility index (Phi) is 3.44. The first-order valence-electron chi connectivity index (χ1n) is 4.17. The summed E-state index contributed by atoms with van der Waals surface area (Å²) in [4.78, 5) is 24.7. The van der Waals surface area contributed by atoms with Crippen LogP contribution in [-0.2, 0) is 0 Å². The second-order valence-corrected chi connectivity index (χ2v) is 2.71. The van der Waals surface area contributed by atoms with Gasteiger partial charge in [0, 0.05) is 0 Å². The van der Waals surface area contributed by atoms with Gasteiger partial charge < -0.3 is 15.9 Å². The van der Waals surface area contributed by atoms with Gasteiger partial charge in [-0.1, -0.05) is 18.2 Å². The highest BCUT2D eigenvalue weighted by Crippen LogP contribution is 2.10. The Labute approximate surface area is 90.4 Å². The highest BCUT2D eigenvalue weighted by molar-refractivity contribution is 6.06. The number of amides is 2. The van der Waals surface area contributed by atoms with E-state index in [-0.39, 0.29) is 4.90 Å². The van der Waals surface area contributed by atoms with Gasteiger partial charge in [0.25, 0.3) is 0 Å². The Hall–Kier alpha value is -2.57. The van der Waals surface area contributed by atoms with E-state index < -0.39 is 18.1 Å². The molecule has 16 heavy (non-hydrogen) atoms. The van der Waals surface area contributed by atoms with Gasteiger partial charge in [0.05, 0.1) is 5.69 Å². The standard InChI is InChI=1S/C9H9N3O4/c10-7(12(8(13)14)9(15)16)11-6-4-2-1-3-5-6/h1-5H,(H2,10,11)(H,13,14)(H,15,16). The Morgan fingerprint density at radius 2 is 1.62 bits per heavy atom. The molecule has 0 spiro atoms. The smallest absolute Gasteiger partial charge is 0.424 e. The summed E-state index contributed by atoms with van der Waals surface area (Å²) in [6.07, 6.45) is -3.41. The Morgan fingerprint density at radius 1 is 1.12 bits per heavy atom. The molecule has 2 amide bonds. The number of hydrogen-bond donors (Lipinski definition) is 3. The summed E-state index contributed by atoms with van der Waals surface area (Å²) in [7, 11) is 0. The number of hydrogen-bond acceptors (Lipinski definition) is 3. The van der Waals surface area contributed by atoms with Crippen molar-refractivity contribution >= 4 is 23.8 Å². The number of imide groups is 1. The third-order valence-corrected chi connectivity index (χ3v) is 1.61. The summed E-state index contributed by atoms with van der Waals surface area (Å²) in [5.74, 6) is -0.619. The lowest BCUT2D eigenvalue weighted by molar-refractivity contribution is 0.145. The molecule has 1 aromatic carbocycles. The molecule has 7 nitrogen and oxygen atoms in total. The van der Waals surface area contributed by atoms with Gasteiger partial charge in [-0.15, -0.1) is 4.90 Å². The van der Waals surface area contributed by atoms with Crippen molar-refractivity contribution < 1.29 is 19.8 Å². The fourth-order valence-corrected chi connectivity index (χ4v) is 0.963. The first-order valence-corrected chi connectivity index (χ1v) is 4.17. The van der Waals surface area contributed by atoms with Crippen LogP contribution in [0, 0.1) is 0 Å². The second-order valence-electron chi connectivity index (χ2n) is 2.71. The first kappa shape index (κ1) is 11.5. The quantitative estimate of drug-likeness (QED) is 0.490. The van der Waals surface area contributed by atoms with E-state index in [4.69, 9.17) is 15.9 Å². The molecule has 4 N–H and O–H groups in total. The monoisotopic (exact) mass is 223 g/mol. The lowest BCUT2D eigenvalue weighted by atomic mass is 10.3. The molecule has 1 rings (SSSR count). The van der Waals surface area contributed by atoms with Crippen LogP contribution in [0.5, 0.6) is 0 Å². The average Bonchev–Trinajstić information content (AvgIpc) is 2.17. The lowest BCUT2D eigenvalue weighted by Crippen LogP contribution is -2.44. The zero-order valence-corrected chi connectivity index (χ0v) is 8.07. The number of guanidine groups is 1. The molecule has 0 aromatic heterocycles. The lowest BCUT2D eigenvalue weighted by Gasteiger charge is -2.11. The second kappa shape index (κ2) is 4.78. The van der Waals surface area contributed by atoms with Crippen molar-refractivity contribution in [3.63, 3.8) is 0 Å². The van der Waals surface area contributed by atoms with Crippen molar-refractivity contribution in [1.82, 2.24) is 4.90 Å². The molecule has 0 saturated carbocycles. The van der Waals surface area contributed by atoms with Crippen molar-refractivity contribution in [1.29, 1.82) is 0 Å². The predicted octanol–water partition coefficient (Wildman–Crippen LogP) is 1.29. The van der Waals surface area contributed by atoms with E-state index in [9.17, 15) is 9.59 Å². The number of carbonyl (C=O) groups is 2. The molecule has 0 bridgehead atoms. The van der Waals surface area contributed by atoms with Gasteiger partial charge in [-0.05, 0) is 12.1 Å². The molecule has 84 valence electrons. The molecule has 0 unspecified atom stereocenters. The average molecular weight is 223 g/mol. The van der Waals surface area contributed by atoms with Crippen LogP contribution in [0.25, 0.3) is 0 Å². The van der Waals surface area contributed by atoms with E-state index in [0.717, 1.165) is 0 Å². The van der Waals surface area contributed by atoms with E-state index in [1.807, 2.05) is 0 Å². The minimum Gasteiger partial charge on any atom is -0.464 e. The summed E-state index contributed by atoms with van der Waals surface area (Å²) in [5.41, 5.74) is 5.63. The highest BCUT2D eigenvalue weighted by Gasteiger charge is 2.23. The molecule has 0 saturated heterocycles. The molecule has 0 aliphatic rings. The number of carboxylic acid groups (broad SMARTS) is 2. The number of nitrogens with zero attached hydrogens (tertiary/aromatic N) is 2. The molecule has 0 aliphatic carbocycles. The van der Waals surface area contributed by atoms with Crippen molar-refractivity contribution in [2.45, 2.75) is 0 Å². The molecular formula is C9H9N3O4. The van der Waals surface area contributed by atoms with Gasteiger partial charge in [-0.3, -0.25) is 0 Å². The Balaban J connectivity index is 3.00. The van der Waals surface area contributed by atoms with Crippen LogP contribution in [0.3, 0.4) is 0 Å². The third kappa shape index (κ3) is 2.71. The summed E-state index contributed by atoms with van der Waals surface area (Å²) in [5, 5.41) is 17.2. The van der Waals surface area contributed by atoms with Crippen LogP contribution >= 0.6 is 0 Å². The number of para-hydroxylation sites is 1. The van der Waals surface area contributed by atoms with E-state index in [1.165, 1.54) is 0 Å². The Bertz CT molecular complexity index is 416. The Morgan fingerprint density at radius 3 is 2.06 bits per heavy atom. The van der Waals surface area contributed by atoms with Gasteiger partial charge in [0.2, 0.25) is 5.96 Å². The number of aliphatic imine (C=N–C) groups is 1. The molecular weight excluding hydrogens is 214 g/mol. The van der Waals surface area contributed by atoms with Crippen molar-refractivity contribution in [2.75, 3.05) is 0 Å². The number of benzene rings is 1. The van der Waals surface area contributed by atoms with Crippen molar-refractivity contribution in [3.8, 4) is 0 Å². The van der Waals surface area contributed by atoms with Crippen LogP contribution in [-0.4, -0.2) is 33.3 Å². The minimum atomic E-state index is -1.70. The fourth-order valence-electron chi connectivity index (χ4n) is 0.963. The van der Waals surface area contributed by atoms with Crippen LogP contribution in [0.1, 0.15) is 0 Å².